The summed E-state index contributed by atoms with van der Waals surface area (Å²) in [7, 11) is 0. The number of rotatable bonds is 3. The van der Waals surface area contributed by atoms with E-state index in [1.54, 1.807) is 0 Å². The highest BCUT2D eigenvalue weighted by Gasteiger charge is 2.14. The van der Waals surface area contributed by atoms with Crippen LogP contribution in [-0.2, 0) is 0 Å². The number of hydrogen-bond donors (Lipinski definition) is 1. The maximum Gasteiger partial charge on any atom is 0.251 e. The Labute approximate surface area is 127 Å². The summed E-state index contributed by atoms with van der Waals surface area (Å²) in [5.74, 6) is -0.0277. The Kier molecular flexibility index (Phi) is 4.46. The van der Waals surface area contributed by atoms with E-state index in [2.05, 4.69) is 38.2 Å². The maximum absolute atomic E-state index is 12.3. The van der Waals surface area contributed by atoms with Gasteiger partial charge in [0.15, 0.2) is 0 Å². The van der Waals surface area contributed by atoms with E-state index in [-0.39, 0.29) is 11.9 Å². The Morgan fingerprint density at radius 2 is 1.48 bits per heavy atom. The van der Waals surface area contributed by atoms with Crippen LogP contribution in [0.4, 0.5) is 0 Å². The van der Waals surface area contributed by atoms with Gasteiger partial charge in [-0.2, -0.15) is 0 Å². The predicted molar refractivity (Wildman–Crippen MR) is 87.7 cm³/mol. The Bertz CT molecular complexity index is 656. The van der Waals surface area contributed by atoms with Crippen molar-refractivity contribution in [2.45, 2.75) is 40.7 Å². The summed E-state index contributed by atoms with van der Waals surface area (Å²) in [6.07, 6.45) is 0. The molecule has 0 aliphatic heterocycles. The van der Waals surface area contributed by atoms with E-state index in [9.17, 15) is 4.79 Å². The highest BCUT2D eigenvalue weighted by atomic mass is 16.1. The lowest BCUT2D eigenvalue weighted by atomic mass is 9.96. The fourth-order valence-electron chi connectivity index (χ4n) is 2.51. The van der Waals surface area contributed by atoms with Crippen LogP contribution >= 0.6 is 0 Å². The van der Waals surface area contributed by atoms with E-state index < -0.39 is 0 Å². The molecule has 2 heteroatoms. The molecule has 0 heterocycles. The fourth-order valence-corrected chi connectivity index (χ4v) is 2.51. The van der Waals surface area contributed by atoms with Crippen LogP contribution in [0.3, 0.4) is 0 Å². The van der Waals surface area contributed by atoms with Gasteiger partial charge < -0.3 is 5.32 Å². The molecule has 1 amide bonds. The lowest BCUT2D eigenvalue weighted by Gasteiger charge is -2.18. The zero-order valence-electron chi connectivity index (χ0n) is 13.4. The standard InChI is InChI=1S/C19H23NO/c1-12-6-8-17(9-7-12)19(21)20-16(5)18-11-14(3)13(2)10-15(18)4/h6-11,16H,1-5H3,(H,20,21)/t16-/m0/s1. The Hall–Kier alpha value is -2.09. The van der Waals surface area contributed by atoms with Gasteiger partial charge in [-0.1, -0.05) is 29.8 Å². The van der Waals surface area contributed by atoms with Crippen LogP contribution < -0.4 is 5.32 Å². The van der Waals surface area contributed by atoms with E-state index in [1.807, 2.05) is 38.1 Å². The molecule has 0 aliphatic rings. The minimum atomic E-state index is -0.0277. The van der Waals surface area contributed by atoms with Crippen molar-refractivity contribution in [2.24, 2.45) is 0 Å². The molecule has 0 unspecified atom stereocenters. The van der Waals surface area contributed by atoms with Gasteiger partial charge in [-0.05, 0) is 69.0 Å². The van der Waals surface area contributed by atoms with Gasteiger partial charge in [-0.3, -0.25) is 4.79 Å². The molecule has 1 atom stereocenters. The van der Waals surface area contributed by atoms with Gasteiger partial charge in [0.2, 0.25) is 0 Å². The van der Waals surface area contributed by atoms with Crippen LogP contribution in [0.5, 0.6) is 0 Å². The normalized spacial score (nSPS) is 12.0. The smallest absolute Gasteiger partial charge is 0.251 e. The molecule has 2 aromatic rings. The van der Waals surface area contributed by atoms with Gasteiger partial charge in [0, 0.05) is 5.56 Å². The first-order chi connectivity index (χ1) is 9.88. The molecule has 0 radical (unpaired) electrons. The first-order valence-corrected chi connectivity index (χ1v) is 7.33. The molecule has 110 valence electrons. The first kappa shape index (κ1) is 15.3. The van der Waals surface area contributed by atoms with Gasteiger partial charge in [0.25, 0.3) is 5.91 Å². The number of carbonyl (C=O) groups excluding carboxylic acids is 1. The van der Waals surface area contributed by atoms with Gasteiger partial charge >= 0.3 is 0 Å². The molecule has 0 aromatic heterocycles. The van der Waals surface area contributed by atoms with Crippen molar-refractivity contribution in [3.8, 4) is 0 Å². The number of carbonyl (C=O) groups is 1. The molecule has 0 spiro atoms. The average molecular weight is 281 g/mol. The predicted octanol–water partition coefficient (Wildman–Crippen LogP) is 4.41. The summed E-state index contributed by atoms with van der Waals surface area (Å²) in [6, 6.07) is 12.0. The third-order valence-corrected chi connectivity index (χ3v) is 4.01. The molecule has 0 bridgehead atoms. The molecule has 0 saturated heterocycles. The van der Waals surface area contributed by atoms with Crippen LogP contribution in [0, 0.1) is 27.7 Å². The lowest BCUT2D eigenvalue weighted by Crippen LogP contribution is -2.27. The van der Waals surface area contributed by atoms with Crippen molar-refractivity contribution < 1.29 is 4.79 Å². The molecular formula is C19H23NO. The molecule has 1 N–H and O–H groups in total. The average Bonchev–Trinajstić information content (AvgIpc) is 2.43. The Morgan fingerprint density at radius 3 is 2.10 bits per heavy atom. The molecule has 0 aliphatic carbocycles. The largest absolute Gasteiger partial charge is 0.346 e. The second kappa shape index (κ2) is 6.13. The molecular weight excluding hydrogens is 258 g/mol. The molecule has 2 rings (SSSR count). The van der Waals surface area contributed by atoms with Crippen molar-refractivity contribution in [3.63, 3.8) is 0 Å². The van der Waals surface area contributed by atoms with E-state index in [1.165, 1.54) is 22.3 Å². The summed E-state index contributed by atoms with van der Waals surface area (Å²) in [4.78, 5) is 12.3. The molecule has 0 saturated carbocycles. The fraction of sp³-hybridized carbons (Fsp3) is 0.316. The van der Waals surface area contributed by atoms with Gasteiger partial charge in [0.05, 0.1) is 6.04 Å². The second-order valence-electron chi connectivity index (χ2n) is 5.85. The quantitative estimate of drug-likeness (QED) is 0.887. The zero-order chi connectivity index (χ0) is 15.6. The molecule has 2 nitrogen and oxygen atoms in total. The Balaban J connectivity index is 2.18. The second-order valence-corrected chi connectivity index (χ2v) is 5.85. The minimum absolute atomic E-state index is 0.00176. The number of aryl methyl sites for hydroxylation is 4. The first-order valence-electron chi connectivity index (χ1n) is 7.33. The third kappa shape index (κ3) is 3.52. The molecule has 0 fully saturated rings. The van der Waals surface area contributed by atoms with Crippen molar-refractivity contribution in [1.29, 1.82) is 0 Å². The van der Waals surface area contributed by atoms with Crippen molar-refractivity contribution in [2.75, 3.05) is 0 Å². The van der Waals surface area contributed by atoms with Crippen LogP contribution in [0.2, 0.25) is 0 Å². The van der Waals surface area contributed by atoms with E-state index in [4.69, 9.17) is 0 Å². The summed E-state index contributed by atoms with van der Waals surface area (Å²) in [6.45, 7) is 10.4. The van der Waals surface area contributed by atoms with Gasteiger partial charge in [-0.15, -0.1) is 0 Å². The van der Waals surface area contributed by atoms with E-state index >= 15 is 0 Å². The number of benzene rings is 2. The number of amides is 1. The molecule has 21 heavy (non-hydrogen) atoms. The van der Waals surface area contributed by atoms with Crippen LogP contribution in [0.1, 0.15) is 51.1 Å². The van der Waals surface area contributed by atoms with Crippen LogP contribution in [0.25, 0.3) is 0 Å². The van der Waals surface area contributed by atoms with Gasteiger partial charge in [-0.25, -0.2) is 0 Å². The summed E-state index contributed by atoms with van der Waals surface area (Å²) in [5, 5.41) is 3.08. The van der Waals surface area contributed by atoms with Crippen LogP contribution in [0.15, 0.2) is 36.4 Å². The maximum atomic E-state index is 12.3. The lowest BCUT2D eigenvalue weighted by molar-refractivity contribution is 0.0940. The SMILES string of the molecule is Cc1ccc(C(=O)N[C@@H](C)c2cc(C)c(C)cc2C)cc1. The third-order valence-electron chi connectivity index (χ3n) is 4.01. The zero-order valence-corrected chi connectivity index (χ0v) is 13.4. The molecule has 2 aromatic carbocycles. The minimum Gasteiger partial charge on any atom is -0.346 e. The topological polar surface area (TPSA) is 29.1 Å². The van der Waals surface area contributed by atoms with Crippen molar-refractivity contribution >= 4 is 5.91 Å². The van der Waals surface area contributed by atoms with Gasteiger partial charge in [0.1, 0.15) is 0 Å². The van der Waals surface area contributed by atoms with E-state index in [0.29, 0.717) is 5.56 Å². The summed E-state index contributed by atoms with van der Waals surface area (Å²) in [5.41, 5.74) is 6.80. The highest BCUT2D eigenvalue weighted by molar-refractivity contribution is 5.94. The van der Waals surface area contributed by atoms with Crippen molar-refractivity contribution in [1.82, 2.24) is 5.32 Å². The van der Waals surface area contributed by atoms with Crippen LogP contribution in [-0.4, -0.2) is 5.91 Å². The highest BCUT2D eigenvalue weighted by Crippen LogP contribution is 2.22. The number of hydrogen-bond acceptors (Lipinski definition) is 1. The Morgan fingerprint density at radius 1 is 0.905 bits per heavy atom. The number of nitrogens with one attached hydrogen (secondary N) is 1. The monoisotopic (exact) mass is 281 g/mol. The van der Waals surface area contributed by atoms with E-state index in [0.717, 1.165) is 5.56 Å². The van der Waals surface area contributed by atoms with Crippen molar-refractivity contribution in [3.05, 3.63) is 69.8 Å². The summed E-state index contributed by atoms with van der Waals surface area (Å²) < 4.78 is 0. The summed E-state index contributed by atoms with van der Waals surface area (Å²) >= 11 is 0.